The van der Waals surface area contributed by atoms with E-state index in [1.807, 2.05) is 36.4 Å². The Hall–Kier alpha value is -3.80. The van der Waals surface area contributed by atoms with Gasteiger partial charge in [-0.15, -0.1) is 0 Å². The molecule has 1 N–H and O–H groups in total. The van der Waals surface area contributed by atoms with E-state index in [9.17, 15) is 9.18 Å². The fraction of sp³-hybridized carbons (Fsp3) is 0.0870. The number of hydrogen-bond acceptors (Lipinski definition) is 4. The van der Waals surface area contributed by atoms with Crippen LogP contribution in [0.2, 0.25) is 0 Å². The highest BCUT2D eigenvalue weighted by Crippen LogP contribution is 2.23. The van der Waals surface area contributed by atoms with Crippen molar-refractivity contribution in [3.8, 4) is 17.0 Å². The van der Waals surface area contributed by atoms with Crippen LogP contribution in [0.15, 0.2) is 79.0 Å². The maximum absolute atomic E-state index is 13.0. The Morgan fingerprint density at radius 2 is 1.66 bits per heavy atom. The van der Waals surface area contributed by atoms with Crippen molar-refractivity contribution in [1.29, 1.82) is 0 Å². The van der Waals surface area contributed by atoms with Gasteiger partial charge in [-0.1, -0.05) is 12.1 Å². The molecule has 0 aliphatic rings. The SMILES string of the molecule is C[C@@H](Oc1ccc(-c2cnc3ccccc3n2)cc1)C(=O)Nc1ccc(F)cc1. The minimum Gasteiger partial charge on any atom is -0.481 e. The molecule has 0 bridgehead atoms. The number of benzene rings is 3. The van der Waals surface area contributed by atoms with Crippen LogP contribution in [0.3, 0.4) is 0 Å². The molecule has 1 heterocycles. The molecule has 3 aromatic carbocycles. The highest BCUT2D eigenvalue weighted by atomic mass is 19.1. The van der Waals surface area contributed by atoms with Crippen molar-refractivity contribution in [2.75, 3.05) is 5.32 Å². The second-order valence-corrected chi connectivity index (χ2v) is 6.52. The molecule has 0 fully saturated rings. The van der Waals surface area contributed by atoms with Crippen molar-refractivity contribution in [2.45, 2.75) is 13.0 Å². The van der Waals surface area contributed by atoms with E-state index in [-0.39, 0.29) is 11.7 Å². The summed E-state index contributed by atoms with van der Waals surface area (Å²) < 4.78 is 18.7. The standard InChI is InChI=1S/C23H18FN3O2/c1-15(23(28)26-18-10-8-17(24)9-11-18)29-19-12-6-16(7-13-19)22-14-25-20-4-2-3-5-21(20)27-22/h2-15H,1H3,(H,26,28)/t15-/m1/s1. The number of para-hydroxylation sites is 2. The number of hydrogen-bond donors (Lipinski definition) is 1. The van der Waals surface area contributed by atoms with Gasteiger partial charge in [-0.05, 0) is 67.6 Å². The molecule has 29 heavy (non-hydrogen) atoms. The summed E-state index contributed by atoms with van der Waals surface area (Å²) in [7, 11) is 0. The Morgan fingerprint density at radius 1 is 0.966 bits per heavy atom. The maximum atomic E-state index is 13.0. The number of ether oxygens (including phenoxy) is 1. The van der Waals surface area contributed by atoms with Gasteiger partial charge >= 0.3 is 0 Å². The molecule has 1 amide bonds. The first-order valence-electron chi connectivity index (χ1n) is 9.14. The van der Waals surface area contributed by atoms with E-state index in [0.717, 1.165) is 22.3 Å². The topological polar surface area (TPSA) is 64.1 Å². The van der Waals surface area contributed by atoms with Gasteiger partial charge in [-0.25, -0.2) is 9.37 Å². The third kappa shape index (κ3) is 4.38. The molecule has 6 heteroatoms. The van der Waals surface area contributed by atoms with E-state index in [4.69, 9.17) is 4.74 Å². The Labute approximate surface area is 167 Å². The number of aromatic nitrogens is 2. The summed E-state index contributed by atoms with van der Waals surface area (Å²) in [6, 6.07) is 20.6. The molecular formula is C23H18FN3O2. The van der Waals surface area contributed by atoms with E-state index in [2.05, 4.69) is 15.3 Å². The second kappa shape index (κ2) is 8.06. The molecule has 144 valence electrons. The number of carbonyl (C=O) groups excluding carboxylic acids is 1. The van der Waals surface area contributed by atoms with E-state index < -0.39 is 6.10 Å². The Balaban J connectivity index is 1.43. The van der Waals surface area contributed by atoms with Crippen LogP contribution in [0.25, 0.3) is 22.3 Å². The third-order valence-electron chi connectivity index (χ3n) is 4.39. The molecule has 4 rings (SSSR count). The van der Waals surface area contributed by atoms with Crippen LogP contribution in [-0.4, -0.2) is 22.0 Å². The van der Waals surface area contributed by atoms with E-state index in [1.165, 1.54) is 24.3 Å². The Bertz CT molecular complexity index is 1140. The number of fused-ring (bicyclic) bond motifs is 1. The molecule has 0 saturated heterocycles. The predicted octanol–water partition coefficient (Wildman–Crippen LogP) is 4.84. The minimum atomic E-state index is -0.716. The van der Waals surface area contributed by atoms with Crippen molar-refractivity contribution >= 4 is 22.6 Å². The number of nitrogens with zero attached hydrogens (tertiary/aromatic N) is 2. The van der Waals surface area contributed by atoms with E-state index >= 15 is 0 Å². The molecule has 4 aromatic rings. The monoisotopic (exact) mass is 387 g/mol. The van der Waals surface area contributed by atoms with Crippen LogP contribution in [0.4, 0.5) is 10.1 Å². The van der Waals surface area contributed by atoms with Crippen molar-refractivity contribution in [3.63, 3.8) is 0 Å². The molecule has 1 aromatic heterocycles. The molecule has 5 nitrogen and oxygen atoms in total. The van der Waals surface area contributed by atoms with Crippen molar-refractivity contribution in [1.82, 2.24) is 9.97 Å². The highest BCUT2D eigenvalue weighted by Gasteiger charge is 2.15. The lowest BCUT2D eigenvalue weighted by molar-refractivity contribution is -0.122. The van der Waals surface area contributed by atoms with Gasteiger partial charge in [0.05, 0.1) is 22.9 Å². The largest absolute Gasteiger partial charge is 0.481 e. The van der Waals surface area contributed by atoms with Crippen LogP contribution < -0.4 is 10.1 Å². The summed E-state index contributed by atoms with van der Waals surface area (Å²) in [4.78, 5) is 21.3. The van der Waals surface area contributed by atoms with Gasteiger partial charge in [0, 0.05) is 11.3 Å². The van der Waals surface area contributed by atoms with Crippen molar-refractivity contribution in [2.24, 2.45) is 0 Å². The smallest absolute Gasteiger partial charge is 0.265 e. The lowest BCUT2D eigenvalue weighted by atomic mass is 10.1. The fourth-order valence-corrected chi connectivity index (χ4v) is 2.84. The van der Waals surface area contributed by atoms with Crippen LogP contribution in [-0.2, 0) is 4.79 Å². The molecule has 0 radical (unpaired) electrons. The highest BCUT2D eigenvalue weighted by molar-refractivity contribution is 5.94. The van der Waals surface area contributed by atoms with Crippen molar-refractivity contribution < 1.29 is 13.9 Å². The Morgan fingerprint density at radius 3 is 2.38 bits per heavy atom. The molecule has 0 saturated carbocycles. The van der Waals surface area contributed by atoms with Crippen LogP contribution >= 0.6 is 0 Å². The molecular weight excluding hydrogens is 369 g/mol. The van der Waals surface area contributed by atoms with Gasteiger partial charge in [0.1, 0.15) is 11.6 Å². The number of amides is 1. The average Bonchev–Trinajstić information content (AvgIpc) is 2.75. The maximum Gasteiger partial charge on any atom is 0.265 e. The summed E-state index contributed by atoms with van der Waals surface area (Å²) in [5.74, 6) is -0.117. The van der Waals surface area contributed by atoms with Crippen LogP contribution in [0, 0.1) is 5.82 Å². The zero-order valence-corrected chi connectivity index (χ0v) is 15.7. The first-order chi connectivity index (χ1) is 14.1. The molecule has 0 spiro atoms. The van der Waals surface area contributed by atoms with Gasteiger partial charge in [0.2, 0.25) is 0 Å². The lowest BCUT2D eigenvalue weighted by Crippen LogP contribution is -2.30. The Kier molecular flexibility index (Phi) is 5.16. The molecule has 0 aliphatic heterocycles. The van der Waals surface area contributed by atoms with Gasteiger partial charge in [-0.3, -0.25) is 9.78 Å². The zero-order valence-electron chi connectivity index (χ0n) is 15.7. The molecule has 0 aliphatic carbocycles. The summed E-state index contributed by atoms with van der Waals surface area (Å²) in [5.41, 5.74) is 3.85. The average molecular weight is 387 g/mol. The second-order valence-electron chi connectivity index (χ2n) is 6.52. The van der Waals surface area contributed by atoms with E-state index in [1.54, 1.807) is 25.3 Å². The predicted molar refractivity (Wildman–Crippen MR) is 110 cm³/mol. The van der Waals surface area contributed by atoms with Gasteiger partial charge in [0.15, 0.2) is 6.10 Å². The summed E-state index contributed by atoms with van der Waals surface area (Å²) in [6.07, 6.45) is 1.02. The molecule has 1 atom stereocenters. The number of halogens is 1. The fourth-order valence-electron chi connectivity index (χ4n) is 2.84. The van der Waals surface area contributed by atoms with E-state index in [0.29, 0.717) is 11.4 Å². The van der Waals surface area contributed by atoms with Gasteiger partial charge in [-0.2, -0.15) is 0 Å². The number of carbonyl (C=O) groups is 1. The summed E-state index contributed by atoms with van der Waals surface area (Å²) >= 11 is 0. The van der Waals surface area contributed by atoms with Crippen LogP contribution in [0.5, 0.6) is 5.75 Å². The number of anilines is 1. The van der Waals surface area contributed by atoms with Gasteiger partial charge in [0.25, 0.3) is 5.91 Å². The third-order valence-corrected chi connectivity index (χ3v) is 4.39. The number of nitrogens with one attached hydrogen (secondary N) is 1. The normalized spacial score (nSPS) is 11.8. The minimum absolute atomic E-state index is 0.318. The van der Waals surface area contributed by atoms with Crippen LogP contribution in [0.1, 0.15) is 6.92 Å². The quantitative estimate of drug-likeness (QED) is 0.532. The summed E-state index contributed by atoms with van der Waals surface area (Å²) in [5, 5.41) is 2.69. The first-order valence-corrected chi connectivity index (χ1v) is 9.14. The first kappa shape index (κ1) is 18.6. The number of rotatable bonds is 5. The lowest BCUT2D eigenvalue weighted by Gasteiger charge is -2.15. The van der Waals surface area contributed by atoms with Gasteiger partial charge < -0.3 is 10.1 Å². The molecule has 0 unspecified atom stereocenters. The van der Waals surface area contributed by atoms with Crippen molar-refractivity contribution in [3.05, 3.63) is 84.8 Å². The zero-order chi connectivity index (χ0) is 20.2. The summed E-state index contributed by atoms with van der Waals surface area (Å²) in [6.45, 7) is 1.65.